The Labute approximate surface area is 114 Å². The van der Waals surface area contributed by atoms with Crippen LogP contribution in [0.2, 0.25) is 0 Å². The first-order valence-electron chi connectivity index (χ1n) is 7.32. The Kier molecular flexibility index (Phi) is 4.61. The summed E-state index contributed by atoms with van der Waals surface area (Å²) in [6.45, 7) is 6.42. The molecule has 1 aromatic rings. The summed E-state index contributed by atoms with van der Waals surface area (Å²) < 4.78 is 10.7. The van der Waals surface area contributed by atoms with Gasteiger partial charge in [0.2, 0.25) is 5.76 Å². The summed E-state index contributed by atoms with van der Waals surface area (Å²) in [6, 6.07) is 0. The molecule has 1 aliphatic rings. The van der Waals surface area contributed by atoms with Gasteiger partial charge in [0.15, 0.2) is 5.89 Å². The molecule has 106 valence electrons. The van der Waals surface area contributed by atoms with Crippen LogP contribution in [-0.2, 0) is 11.2 Å². The van der Waals surface area contributed by atoms with Gasteiger partial charge >= 0.3 is 5.97 Å². The topological polar surface area (TPSA) is 52.3 Å². The zero-order chi connectivity index (χ0) is 13.8. The normalized spacial score (nSPS) is 23.3. The molecule has 4 nitrogen and oxygen atoms in total. The molecule has 0 radical (unpaired) electrons. The van der Waals surface area contributed by atoms with E-state index in [1.165, 1.54) is 12.8 Å². The van der Waals surface area contributed by atoms with E-state index in [2.05, 4.69) is 11.9 Å². The lowest BCUT2D eigenvalue weighted by Gasteiger charge is -2.23. The number of carbonyl (C=O) groups is 1. The van der Waals surface area contributed by atoms with Crippen LogP contribution in [0.3, 0.4) is 0 Å². The van der Waals surface area contributed by atoms with Crippen LogP contribution in [0.4, 0.5) is 0 Å². The molecule has 0 aliphatic heterocycles. The molecule has 1 fully saturated rings. The summed E-state index contributed by atoms with van der Waals surface area (Å²) >= 11 is 0. The Balaban J connectivity index is 2.16. The summed E-state index contributed by atoms with van der Waals surface area (Å²) in [4.78, 5) is 16.3. The number of aromatic nitrogens is 1. The fourth-order valence-corrected chi connectivity index (χ4v) is 2.65. The SMILES string of the molecule is CCOC(=O)c1oc(C2CCC(C)CC2)nc1CC. The van der Waals surface area contributed by atoms with E-state index >= 15 is 0 Å². The molecule has 0 N–H and O–H groups in total. The number of hydrogen-bond acceptors (Lipinski definition) is 4. The van der Waals surface area contributed by atoms with E-state index in [4.69, 9.17) is 9.15 Å². The summed E-state index contributed by atoms with van der Waals surface area (Å²) in [6.07, 6.45) is 5.33. The van der Waals surface area contributed by atoms with E-state index in [1.54, 1.807) is 6.92 Å². The lowest BCUT2D eigenvalue weighted by Crippen LogP contribution is -2.11. The zero-order valence-electron chi connectivity index (χ0n) is 12.1. The van der Waals surface area contributed by atoms with Crippen molar-refractivity contribution < 1.29 is 13.9 Å². The van der Waals surface area contributed by atoms with Gasteiger partial charge in [-0.1, -0.05) is 13.8 Å². The molecule has 4 heteroatoms. The van der Waals surface area contributed by atoms with Gasteiger partial charge in [0.1, 0.15) is 0 Å². The predicted octanol–water partition coefficient (Wildman–Crippen LogP) is 3.71. The molecule has 2 rings (SSSR count). The highest BCUT2D eigenvalue weighted by atomic mass is 16.5. The van der Waals surface area contributed by atoms with Gasteiger partial charge in [0.05, 0.1) is 12.3 Å². The molecule has 0 unspecified atom stereocenters. The smallest absolute Gasteiger partial charge is 0.376 e. The maximum atomic E-state index is 11.8. The molecule has 1 heterocycles. The first-order valence-corrected chi connectivity index (χ1v) is 7.32. The highest BCUT2D eigenvalue weighted by molar-refractivity contribution is 5.87. The molecule has 0 aromatic carbocycles. The number of esters is 1. The molecular formula is C15H23NO3. The molecular weight excluding hydrogens is 242 g/mol. The molecule has 0 spiro atoms. The molecule has 0 amide bonds. The molecule has 0 atom stereocenters. The number of nitrogens with zero attached hydrogens (tertiary/aromatic N) is 1. The first-order chi connectivity index (χ1) is 9.15. The van der Waals surface area contributed by atoms with Gasteiger partial charge in [-0.05, 0) is 44.9 Å². The van der Waals surface area contributed by atoms with Crippen molar-refractivity contribution in [1.82, 2.24) is 4.98 Å². The van der Waals surface area contributed by atoms with E-state index < -0.39 is 0 Å². The third kappa shape index (κ3) is 3.17. The van der Waals surface area contributed by atoms with Crippen LogP contribution in [0.5, 0.6) is 0 Å². The molecule has 1 aliphatic carbocycles. The number of ether oxygens (including phenoxy) is 1. The van der Waals surface area contributed by atoms with Crippen LogP contribution in [0.15, 0.2) is 4.42 Å². The quantitative estimate of drug-likeness (QED) is 0.779. The van der Waals surface area contributed by atoms with Crippen molar-refractivity contribution in [3.05, 3.63) is 17.3 Å². The van der Waals surface area contributed by atoms with Gasteiger partial charge in [-0.2, -0.15) is 0 Å². The van der Waals surface area contributed by atoms with Gasteiger partial charge in [-0.15, -0.1) is 0 Å². The summed E-state index contributed by atoms with van der Waals surface area (Å²) in [5.74, 6) is 1.80. The van der Waals surface area contributed by atoms with E-state index in [0.29, 0.717) is 24.7 Å². The largest absolute Gasteiger partial charge is 0.460 e. The molecule has 1 aromatic heterocycles. The van der Waals surface area contributed by atoms with E-state index in [9.17, 15) is 4.79 Å². The second-order valence-corrected chi connectivity index (χ2v) is 5.36. The van der Waals surface area contributed by atoms with Crippen molar-refractivity contribution >= 4 is 5.97 Å². The molecule has 0 bridgehead atoms. The van der Waals surface area contributed by atoms with Crippen molar-refractivity contribution in [2.75, 3.05) is 6.61 Å². The summed E-state index contributed by atoms with van der Waals surface area (Å²) in [7, 11) is 0. The van der Waals surface area contributed by atoms with Crippen LogP contribution in [0.25, 0.3) is 0 Å². The first kappa shape index (κ1) is 14.1. The van der Waals surface area contributed by atoms with Gasteiger partial charge in [0, 0.05) is 5.92 Å². The predicted molar refractivity (Wildman–Crippen MR) is 72.2 cm³/mol. The third-order valence-corrected chi connectivity index (χ3v) is 3.87. The highest BCUT2D eigenvalue weighted by Gasteiger charge is 2.27. The number of aryl methyl sites for hydroxylation is 1. The van der Waals surface area contributed by atoms with Crippen LogP contribution < -0.4 is 0 Å². The summed E-state index contributed by atoms with van der Waals surface area (Å²) in [5, 5.41) is 0. The number of oxazole rings is 1. The van der Waals surface area contributed by atoms with Crippen LogP contribution in [0, 0.1) is 5.92 Å². The minimum Gasteiger partial charge on any atom is -0.460 e. The van der Waals surface area contributed by atoms with Crippen LogP contribution in [-0.4, -0.2) is 17.6 Å². The van der Waals surface area contributed by atoms with Crippen LogP contribution in [0.1, 0.15) is 74.5 Å². The van der Waals surface area contributed by atoms with Crippen molar-refractivity contribution in [1.29, 1.82) is 0 Å². The minimum absolute atomic E-state index is 0.304. The molecule has 19 heavy (non-hydrogen) atoms. The Morgan fingerprint density at radius 1 is 1.32 bits per heavy atom. The number of hydrogen-bond donors (Lipinski definition) is 0. The average molecular weight is 265 g/mol. The fraction of sp³-hybridized carbons (Fsp3) is 0.733. The maximum Gasteiger partial charge on any atom is 0.376 e. The van der Waals surface area contributed by atoms with E-state index in [1.807, 2.05) is 6.92 Å². The number of rotatable bonds is 4. The standard InChI is InChI=1S/C15H23NO3/c1-4-12-13(15(17)18-5-2)19-14(16-12)11-8-6-10(3)7-9-11/h10-11H,4-9H2,1-3H3. The monoisotopic (exact) mass is 265 g/mol. The van der Waals surface area contributed by atoms with E-state index in [0.717, 1.165) is 30.3 Å². The zero-order valence-corrected chi connectivity index (χ0v) is 12.1. The second-order valence-electron chi connectivity index (χ2n) is 5.36. The summed E-state index contributed by atoms with van der Waals surface area (Å²) in [5.41, 5.74) is 0.729. The third-order valence-electron chi connectivity index (χ3n) is 3.87. The van der Waals surface area contributed by atoms with Gasteiger partial charge in [0.25, 0.3) is 0 Å². The second kappa shape index (κ2) is 6.22. The van der Waals surface area contributed by atoms with Crippen molar-refractivity contribution in [2.45, 2.75) is 58.8 Å². The lowest BCUT2D eigenvalue weighted by molar-refractivity contribution is 0.0485. The van der Waals surface area contributed by atoms with Gasteiger partial charge < -0.3 is 9.15 Å². The van der Waals surface area contributed by atoms with Crippen molar-refractivity contribution in [3.63, 3.8) is 0 Å². The fourth-order valence-electron chi connectivity index (χ4n) is 2.65. The lowest BCUT2D eigenvalue weighted by atomic mass is 9.83. The van der Waals surface area contributed by atoms with Crippen LogP contribution >= 0.6 is 0 Å². The average Bonchev–Trinajstić information content (AvgIpc) is 2.84. The minimum atomic E-state index is -0.387. The van der Waals surface area contributed by atoms with E-state index in [-0.39, 0.29) is 5.97 Å². The Morgan fingerprint density at radius 3 is 2.58 bits per heavy atom. The van der Waals surface area contributed by atoms with Gasteiger partial charge in [-0.25, -0.2) is 9.78 Å². The molecule has 1 saturated carbocycles. The highest BCUT2D eigenvalue weighted by Crippen LogP contribution is 2.35. The number of carbonyl (C=O) groups excluding carboxylic acids is 1. The van der Waals surface area contributed by atoms with Gasteiger partial charge in [-0.3, -0.25) is 0 Å². The van der Waals surface area contributed by atoms with Crippen molar-refractivity contribution in [3.8, 4) is 0 Å². The van der Waals surface area contributed by atoms with Crippen molar-refractivity contribution in [2.24, 2.45) is 5.92 Å². The Hall–Kier alpha value is -1.32. The Morgan fingerprint density at radius 2 is 2.00 bits per heavy atom. The molecule has 0 saturated heterocycles. The Bertz CT molecular complexity index is 431. The maximum absolute atomic E-state index is 11.8.